The van der Waals surface area contributed by atoms with Gasteiger partial charge >= 0.3 is 27.6 Å². The first kappa shape index (κ1) is 62.4. The van der Waals surface area contributed by atoms with Crippen LogP contribution in [0.1, 0.15) is 92.9 Å². The van der Waals surface area contributed by atoms with Gasteiger partial charge in [0.25, 0.3) is 11.8 Å². The Morgan fingerprint density at radius 3 is 1.27 bits per heavy atom. The van der Waals surface area contributed by atoms with Crippen LogP contribution in [0.5, 0.6) is 0 Å². The number of ether oxygens (including phenoxy) is 4. The first-order valence-electron chi connectivity index (χ1n) is 21.6. The van der Waals surface area contributed by atoms with Crippen LogP contribution in [0.15, 0.2) is 24.3 Å². The van der Waals surface area contributed by atoms with Crippen molar-refractivity contribution in [2.75, 3.05) is 65.9 Å². The number of carbonyl (C=O) groups is 6. The zero-order valence-electron chi connectivity index (χ0n) is 38.7. The van der Waals surface area contributed by atoms with Crippen molar-refractivity contribution in [2.24, 2.45) is 0 Å². The highest BCUT2D eigenvalue weighted by Gasteiger charge is 2.31. The van der Waals surface area contributed by atoms with Gasteiger partial charge in [-0.1, -0.05) is 24.3 Å². The van der Waals surface area contributed by atoms with Crippen molar-refractivity contribution in [3.63, 3.8) is 0 Å². The summed E-state index contributed by atoms with van der Waals surface area (Å²) in [6.07, 6.45) is 6.33. The summed E-state index contributed by atoms with van der Waals surface area (Å²) in [6.45, 7) is 6.39. The number of allylic oxidation sites excluding steroid dienone is 4. The molecule has 0 aliphatic heterocycles. The van der Waals surface area contributed by atoms with Gasteiger partial charge in [-0.05, 0) is 53.4 Å². The predicted molar refractivity (Wildman–Crippen MR) is 236 cm³/mol. The van der Waals surface area contributed by atoms with Gasteiger partial charge in [0.05, 0.1) is 64.9 Å². The molecule has 26 heteroatoms. The lowest BCUT2D eigenvalue weighted by Crippen LogP contribution is -2.50. The Labute approximate surface area is 386 Å². The van der Waals surface area contributed by atoms with Gasteiger partial charge in [0.1, 0.15) is 12.2 Å². The van der Waals surface area contributed by atoms with E-state index in [4.69, 9.17) is 37.0 Å². The number of aliphatic hydroxyl groups is 2. The molecule has 0 fully saturated rings. The molecule has 0 aliphatic carbocycles. The number of esters is 2. The maximum Gasteiger partial charge on any atom is 0.472 e. The van der Waals surface area contributed by atoms with Gasteiger partial charge in [-0.2, -0.15) is 0 Å². The van der Waals surface area contributed by atoms with E-state index in [0.717, 1.165) is 12.8 Å². The molecule has 8 atom stereocenters. The lowest BCUT2D eigenvalue weighted by atomic mass is 10.2. The van der Waals surface area contributed by atoms with Crippen molar-refractivity contribution >= 4 is 51.2 Å². The van der Waals surface area contributed by atoms with E-state index in [-0.39, 0.29) is 51.2 Å². The van der Waals surface area contributed by atoms with Crippen molar-refractivity contribution in [3.05, 3.63) is 24.3 Å². The Morgan fingerprint density at radius 2 is 0.939 bits per heavy atom. The summed E-state index contributed by atoms with van der Waals surface area (Å²) in [4.78, 5) is 91.9. The number of unbranched alkanes of at least 4 members (excludes halogenated alkanes) is 2. The number of phosphoric ester groups is 2. The Kier molecular flexibility index (Phi) is 34.4. The van der Waals surface area contributed by atoms with Gasteiger partial charge in [0.15, 0.2) is 12.2 Å². The van der Waals surface area contributed by atoms with E-state index >= 15 is 0 Å². The predicted octanol–water partition coefficient (Wildman–Crippen LogP) is 1.39. The first-order chi connectivity index (χ1) is 31.1. The lowest BCUT2D eigenvalue weighted by Gasteiger charge is -2.21. The molecule has 0 spiro atoms. The fourth-order valence-corrected chi connectivity index (χ4v) is 6.67. The van der Waals surface area contributed by atoms with E-state index in [1.54, 1.807) is 13.8 Å². The number of hydrogen-bond acceptors (Lipinski definition) is 18. The monoisotopic (exact) mass is 990 g/mol. The number of hydrogen-bond donors (Lipinski definition) is 8. The third kappa shape index (κ3) is 34.6. The van der Waals surface area contributed by atoms with Crippen LogP contribution in [-0.4, -0.2) is 158 Å². The number of carbonyl (C=O) groups excluding carboxylic acids is 6. The summed E-state index contributed by atoms with van der Waals surface area (Å²) in [7, 11) is -9.49. The van der Waals surface area contributed by atoms with Crippen molar-refractivity contribution in [3.8, 4) is 0 Å². The molecule has 0 saturated heterocycles. The summed E-state index contributed by atoms with van der Waals surface area (Å²) in [5.41, 5.74) is 0. The third-order valence-corrected chi connectivity index (χ3v) is 10.4. The van der Waals surface area contributed by atoms with Crippen LogP contribution in [0.4, 0.5) is 0 Å². The number of amides is 4. The van der Waals surface area contributed by atoms with Gasteiger partial charge in [0, 0.05) is 52.6 Å². The van der Waals surface area contributed by atoms with Gasteiger partial charge in [0.2, 0.25) is 11.8 Å². The summed E-state index contributed by atoms with van der Waals surface area (Å²) < 4.78 is 66.0. The van der Waals surface area contributed by atoms with Crippen LogP contribution >= 0.6 is 15.6 Å². The van der Waals surface area contributed by atoms with Crippen molar-refractivity contribution in [2.45, 2.75) is 129 Å². The summed E-state index contributed by atoms with van der Waals surface area (Å²) in [5, 5.41) is 29.5. The highest BCUT2D eigenvalue weighted by Crippen LogP contribution is 2.43. The normalized spacial score (nSPS) is 16.2. The van der Waals surface area contributed by atoms with E-state index in [9.17, 15) is 57.9 Å². The molecule has 0 rings (SSSR count). The largest absolute Gasteiger partial charge is 0.472 e. The van der Waals surface area contributed by atoms with Gasteiger partial charge < -0.3 is 60.2 Å². The topological polar surface area (TPSA) is 339 Å². The minimum absolute atomic E-state index is 0.128. The second-order valence-electron chi connectivity index (χ2n) is 14.7. The van der Waals surface area contributed by atoms with E-state index < -0.39 is 115 Å². The molecule has 0 aliphatic rings. The molecule has 0 radical (unpaired) electrons. The average Bonchev–Trinajstić information content (AvgIpc) is 3.24. The Bertz CT molecular complexity index is 1490. The minimum atomic E-state index is -4.74. The quantitative estimate of drug-likeness (QED) is 0.0187. The van der Waals surface area contributed by atoms with E-state index in [1.807, 2.05) is 38.2 Å². The van der Waals surface area contributed by atoms with Crippen molar-refractivity contribution in [1.29, 1.82) is 0 Å². The van der Waals surface area contributed by atoms with E-state index in [1.165, 1.54) is 13.8 Å². The number of aliphatic hydroxyl groups excluding tert-OH is 2. The molecular formula is C40H72N4O20P2. The summed E-state index contributed by atoms with van der Waals surface area (Å²) in [5.74, 6) is -4.15. The van der Waals surface area contributed by atoms with Crippen LogP contribution in [0.25, 0.3) is 0 Å². The second-order valence-corrected chi connectivity index (χ2v) is 17.6. The Morgan fingerprint density at radius 1 is 0.576 bits per heavy atom. The molecule has 382 valence electrons. The third-order valence-electron chi connectivity index (χ3n) is 8.46. The SMILES string of the molecule is C/C=C\CCCC(=O)O[C@H](C)CCOC[C@H](COP(=O)(O)OCCNC(=O)[C@@H](O)[C@@H](O)C(=O)NCCOP(=O)(O)OC[C@H](COCC[C@@H](C)OC(=O)CCC/C=C\C)NC(C)=O)NC(C)=O. The highest BCUT2D eigenvalue weighted by molar-refractivity contribution is 7.47. The lowest BCUT2D eigenvalue weighted by molar-refractivity contribution is -0.150. The second kappa shape index (κ2) is 36.4. The Balaban J connectivity index is 4.57. The van der Waals surface area contributed by atoms with Crippen LogP contribution in [0.3, 0.4) is 0 Å². The maximum absolute atomic E-state index is 12.4. The fraction of sp³-hybridized carbons (Fsp3) is 0.750. The molecule has 4 amide bonds. The molecule has 0 saturated carbocycles. The van der Waals surface area contributed by atoms with Crippen LogP contribution in [-0.2, 0) is 74.9 Å². The van der Waals surface area contributed by atoms with Crippen LogP contribution in [0, 0.1) is 0 Å². The molecule has 2 unspecified atom stereocenters. The standard InChI is InChI=1S/C40H72N4O20P2/c1-7-9-11-13-15-35(47)63-29(3)17-21-57-25-33(43-31(5)45)27-61-65(53,54)59-23-19-41-39(51)37(49)38(50)40(52)42-20-24-60-66(55,56)62-28-34(44-32(6)46)26-58-22-18-30(4)64-36(48)16-14-12-10-8-2/h7-10,29-30,33-34,37-38,49-50H,11-28H2,1-6H3,(H,41,51)(H,42,52)(H,43,45)(H,44,46)(H,53,54)(H,55,56)/b9-7-,10-8-/t29-,30-,33-,34+,37+,38-/m1/s1. The van der Waals surface area contributed by atoms with Crippen molar-refractivity contribution < 1.29 is 94.9 Å². The fourth-order valence-electron chi connectivity index (χ4n) is 5.14. The average molecular weight is 991 g/mol. The number of nitrogens with one attached hydrogen (secondary N) is 4. The van der Waals surface area contributed by atoms with Crippen LogP contribution < -0.4 is 21.3 Å². The molecule has 66 heavy (non-hydrogen) atoms. The number of rotatable bonds is 39. The maximum atomic E-state index is 12.4. The zero-order valence-corrected chi connectivity index (χ0v) is 40.5. The molecule has 0 aromatic heterocycles. The van der Waals surface area contributed by atoms with Gasteiger partial charge in [-0.3, -0.25) is 46.9 Å². The highest BCUT2D eigenvalue weighted by atomic mass is 31.2. The molecule has 0 heterocycles. The van der Waals surface area contributed by atoms with Gasteiger partial charge in [-0.25, -0.2) is 9.13 Å². The van der Waals surface area contributed by atoms with E-state index in [2.05, 4.69) is 21.3 Å². The molecule has 8 N–H and O–H groups in total. The summed E-state index contributed by atoms with van der Waals surface area (Å²) >= 11 is 0. The Hall–Kier alpha value is -3.64. The first-order valence-corrected chi connectivity index (χ1v) is 24.6. The molecule has 0 bridgehead atoms. The smallest absolute Gasteiger partial charge is 0.463 e. The van der Waals surface area contributed by atoms with Gasteiger partial charge in [-0.15, -0.1) is 0 Å². The molecule has 24 nitrogen and oxygen atoms in total. The minimum Gasteiger partial charge on any atom is -0.463 e. The van der Waals surface area contributed by atoms with Crippen LogP contribution in [0.2, 0.25) is 0 Å². The molecule has 0 aromatic carbocycles. The molecule has 0 aromatic rings. The number of phosphoric acid groups is 2. The zero-order chi connectivity index (χ0) is 50.0. The summed E-state index contributed by atoms with van der Waals surface area (Å²) in [6, 6.07) is -1.75. The van der Waals surface area contributed by atoms with Crippen molar-refractivity contribution in [1.82, 2.24) is 21.3 Å². The molecular weight excluding hydrogens is 918 g/mol. The van der Waals surface area contributed by atoms with E-state index in [0.29, 0.717) is 25.7 Å².